The van der Waals surface area contributed by atoms with Gasteiger partial charge in [-0.25, -0.2) is 0 Å². The maximum Gasteiger partial charge on any atom is 0.137 e. The number of carbonyl (C=O) groups excluding carboxylic acids is 1. The van der Waals surface area contributed by atoms with Crippen LogP contribution in [0, 0.1) is 0 Å². The SMILES string of the molecule is CCCC(C)N1CCCCC1C=O. The summed E-state index contributed by atoms with van der Waals surface area (Å²) < 4.78 is 0. The van der Waals surface area contributed by atoms with Gasteiger partial charge in [-0.15, -0.1) is 0 Å². The first kappa shape index (κ1) is 10.7. The summed E-state index contributed by atoms with van der Waals surface area (Å²) in [5.74, 6) is 0. The van der Waals surface area contributed by atoms with E-state index in [0.717, 1.165) is 19.3 Å². The molecule has 2 atom stereocenters. The predicted molar refractivity (Wildman–Crippen MR) is 54.8 cm³/mol. The zero-order chi connectivity index (χ0) is 9.68. The minimum atomic E-state index is 0.204. The van der Waals surface area contributed by atoms with Gasteiger partial charge in [0.2, 0.25) is 0 Å². The highest BCUT2D eigenvalue weighted by atomic mass is 16.1. The van der Waals surface area contributed by atoms with Crippen molar-refractivity contribution in [1.82, 2.24) is 4.90 Å². The third-order valence-electron chi connectivity index (χ3n) is 3.02. The molecule has 0 saturated carbocycles. The molecule has 2 heteroatoms. The Morgan fingerprint density at radius 3 is 2.92 bits per heavy atom. The molecule has 1 aliphatic heterocycles. The van der Waals surface area contributed by atoms with E-state index in [1.165, 1.54) is 25.7 Å². The Bertz CT molecular complexity index is 158. The largest absolute Gasteiger partial charge is 0.302 e. The van der Waals surface area contributed by atoms with Crippen LogP contribution in [-0.2, 0) is 4.79 Å². The number of nitrogens with zero attached hydrogens (tertiary/aromatic N) is 1. The fourth-order valence-electron chi connectivity index (χ4n) is 2.26. The minimum absolute atomic E-state index is 0.204. The smallest absolute Gasteiger partial charge is 0.137 e. The normalized spacial score (nSPS) is 27.1. The average molecular weight is 183 g/mol. The fourth-order valence-corrected chi connectivity index (χ4v) is 2.26. The molecule has 0 radical (unpaired) electrons. The summed E-state index contributed by atoms with van der Waals surface area (Å²) in [6, 6.07) is 0.788. The van der Waals surface area contributed by atoms with E-state index in [0.29, 0.717) is 6.04 Å². The molecule has 76 valence electrons. The van der Waals surface area contributed by atoms with Crippen molar-refractivity contribution in [1.29, 1.82) is 0 Å². The van der Waals surface area contributed by atoms with Crippen molar-refractivity contribution >= 4 is 6.29 Å². The lowest BCUT2D eigenvalue weighted by molar-refractivity contribution is -0.114. The van der Waals surface area contributed by atoms with Crippen molar-refractivity contribution in [3.8, 4) is 0 Å². The second kappa shape index (κ2) is 5.38. The molecule has 0 aromatic rings. The van der Waals surface area contributed by atoms with Gasteiger partial charge in [0, 0.05) is 6.04 Å². The minimum Gasteiger partial charge on any atom is -0.302 e. The molecule has 13 heavy (non-hydrogen) atoms. The van der Waals surface area contributed by atoms with Crippen molar-refractivity contribution in [2.45, 2.75) is 58.0 Å². The first-order valence-corrected chi connectivity index (χ1v) is 5.50. The Morgan fingerprint density at radius 1 is 1.54 bits per heavy atom. The van der Waals surface area contributed by atoms with E-state index in [9.17, 15) is 4.79 Å². The highest BCUT2D eigenvalue weighted by Crippen LogP contribution is 2.20. The molecule has 0 bridgehead atoms. The van der Waals surface area contributed by atoms with E-state index < -0.39 is 0 Å². The molecule has 1 aliphatic rings. The Hall–Kier alpha value is -0.370. The van der Waals surface area contributed by atoms with Gasteiger partial charge in [0.25, 0.3) is 0 Å². The van der Waals surface area contributed by atoms with Crippen LogP contribution in [-0.4, -0.2) is 29.8 Å². The molecule has 0 amide bonds. The zero-order valence-electron chi connectivity index (χ0n) is 8.83. The lowest BCUT2D eigenvalue weighted by atomic mass is 10.00. The van der Waals surface area contributed by atoms with Crippen molar-refractivity contribution in [2.75, 3.05) is 6.54 Å². The van der Waals surface area contributed by atoms with Crippen LogP contribution in [0.5, 0.6) is 0 Å². The highest BCUT2D eigenvalue weighted by Gasteiger charge is 2.25. The van der Waals surface area contributed by atoms with Gasteiger partial charge in [-0.1, -0.05) is 19.8 Å². The first-order chi connectivity index (χ1) is 6.29. The Kier molecular flexibility index (Phi) is 4.43. The van der Waals surface area contributed by atoms with E-state index >= 15 is 0 Å². The molecule has 0 spiro atoms. The number of hydrogen-bond donors (Lipinski definition) is 0. The summed E-state index contributed by atoms with van der Waals surface area (Å²) in [7, 11) is 0. The second-order valence-electron chi connectivity index (χ2n) is 4.07. The Labute approximate surface area is 81.3 Å². The molecule has 2 nitrogen and oxygen atoms in total. The van der Waals surface area contributed by atoms with E-state index in [1.54, 1.807) is 0 Å². The van der Waals surface area contributed by atoms with Crippen molar-refractivity contribution in [3.05, 3.63) is 0 Å². The van der Waals surface area contributed by atoms with Gasteiger partial charge in [-0.3, -0.25) is 4.90 Å². The molecule has 0 N–H and O–H groups in total. The van der Waals surface area contributed by atoms with Crippen LogP contribution in [0.25, 0.3) is 0 Å². The number of hydrogen-bond acceptors (Lipinski definition) is 2. The monoisotopic (exact) mass is 183 g/mol. The number of likely N-dealkylation sites (tertiary alicyclic amines) is 1. The van der Waals surface area contributed by atoms with Crippen molar-refractivity contribution in [3.63, 3.8) is 0 Å². The van der Waals surface area contributed by atoms with Crippen LogP contribution >= 0.6 is 0 Å². The van der Waals surface area contributed by atoms with Gasteiger partial charge in [-0.2, -0.15) is 0 Å². The van der Waals surface area contributed by atoms with Gasteiger partial charge in [0.05, 0.1) is 6.04 Å². The molecule has 1 saturated heterocycles. The number of rotatable bonds is 4. The van der Waals surface area contributed by atoms with Crippen LogP contribution in [0.4, 0.5) is 0 Å². The van der Waals surface area contributed by atoms with E-state index in [1.807, 2.05) is 0 Å². The van der Waals surface area contributed by atoms with Crippen LogP contribution < -0.4 is 0 Å². The standard InChI is InChI=1S/C11H21NO/c1-3-6-10(2)12-8-5-4-7-11(12)9-13/h9-11H,3-8H2,1-2H3. The summed E-state index contributed by atoms with van der Waals surface area (Å²) in [5.41, 5.74) is 0. The highest BCUT2D eigenvalue weighted by molar-refractivity contribution is 5.57. The molecular formula is C11H21NO. The molecule has 1 rings (SSSR count). The summed E-state index contributed by atoms with van der Waals surface area (Å²) in [6.45, 7) is 5.56. The van der Waals surface area contributed by atoms with Gasteiger partial charge in [-0.05, 0) is 32.7 Å². The quantitative estimate of drug-likeness (QED) is 0.623. The fraction of sp³-hybridized carbons (Fsp3) is 0.909. The lowest BCUT2D eigenvalue weighted by Gasteiger charge is -2.37. The Morgan fingerprint density at radius 2 is 2.31 bits per heavy atom. The molecule has 0 aliphatic carbocycles. The summed E-state index contributed by atoms with van der Waals surface area (Å²) in [6.07, 6.45) is 7.10. The number of aldehydes is 1. The topological polar surface area (TPSA) is 20.3 Å². The van der Waals surface area contributed by atoms with E-state index in [-0.39, 0.29) is 6.04 Å². The van der Waals surface area contributed by atoms with Gasteiger partial charge in [0.1, 0.15) is 6.29 Å². The Balaban J connectivity index is 2.47. The van der Waals surface area contributed by atoms with Crippen LogP contribution in [0.3, 0.4) is 0 Å². The van der Waals surface area contributed by atoms with E-state index in [4.69, 9.17) is 0 Å². The molecule has 0 aromatic heterocycles. The maximum absolute atomic E-state index is 10.8. The van der Waals surface area contributed by atoms with Crippen LogP contribution in [0.2, 0.25) is 0 Å². The van der Waals surface area contributed by atoms with Crippen LogP contribution in [0.15, 0.2) is 0 Å². The third kappa shape index (κ3) is 2.80. The van der Waals surface area contributed by atoms with Crippen molar-refractivity contribution < 1.29 is 4.79 Å². The third-order valence-corrected chi connectivity index (χ3v) is 3.02. The molecule has 0 aromatic carbocycles. The van der Waals surface area contributed by atoms with Gasteiger partial charge < -0.3 is 4.79 Å². The summed E-state index contributed by atoms with van der Waals surface area (Å²) >= 11 is 0. The van der Waals surface area contributed by atoms with E-state index in [2.05, 4.69) is 18.7 Å². The molecule has 1 fully saturated rings. The van der Waals surface area contributed by atoms with Crippen LogP contribution in [0.1, 0.15) is 46.0 Å². The maximum atomic E-state index is 10.8. The lowest BCUT2D eigenvalue weighted by Crippen LogP contribution is -2.45. The average Bonchev–Trinajstić information content (AvgIpc) is 2.18. The second-order valence-corrected chi connectivity index (χ2v) is 4.07. The van der Waals surface area contributed by atoms with Gasteiger partial charge in [0.15, 0.2) is 0 Å². The molecule has 2 unspecified atom stereocenters. The number of carbonyl (C=O) groups is 1. The predicted octanol–water partition coefficient (Wildman–Crippen LogP) is 2.23. The van der Waals surface area contributed by atoms with Crippen molar-refractivity contribution in [2.24, 2.45) is 0 Å². The molecule has 1 heterocycles. The summed E-state index contributed by atoms with van der Waals surface area (Å²) in [4.78, 5) is 13.2. The molecular weight excluding hydrogens is 162 g/mol. The zero-order valence-corrected chi connectivity index (χ0v) is 8.83. The summed E-state index contributed by atoms with van der Waals surface area (Å²) in [5, 5.41) is 0. The van der Waals surface area contributed by atoms with Gasteiger partial charge >= 0.3 is 0 Å². The first-order valence-electron chi connectivity index (χ1n) is 5.50. The number of piperidine rings is 1.